The SMILES string of the molecule is Cc1ccc(SN(CCc2cncn2Cc2ccc(C#N)cc2)C(=O)NCc2ccccc2Cl)cc1Cl. The van der Waals surface area contributed by atoms with Crippen molar-refractivity contribution in [2.45, 2.75) is 31.3 Å². The molecule has 0 radical (unpaired) electrons. The van der Waals surface area contributed by atoms with Crippen molar-refractivity contribution in [3.05, 3.63) is 117 Å². The van der Waals surface area contributed by atoms with E-state index in [1.165, 1.54) is 11.9 Å². The molecule has 1 heterocycles. The van der Waals surface area contributed by atoms with E-state index >= 15 is 0 Å². The number of halogens is 2. The standard InChI is InChI=1S/C28H25Cl2N5OS/c1-20-6-11-25(14-27(20)30)37-35(28(36)33-16-23-4-2-3-5-26(23)29)13-12-24-17-32-19-34(24)18-22-9-7-21(15-31)8-10-22/h2-11,14,17,19H,12-13,16,18H2,1H3,(H,33,36). The molecule has 4 rings (SSSR count). The Kier molecular flexibility index (Phi) is 9.13. The van der Waals surface area contributed by atoms with Crippen LogP contribution >= 0.6 is 35.1 Å². The third-order valence-electron chi connectivity index (χ3n) is 5.78. The largest absolute Gasteiger partial charge is 0.333 e. The van der Waals surface area contributed by atoms with Gasteiger partial charge in [0.05, 0.1) is 18.0 Å². The minimum Gasteiger partial charge on any atom is -0.333 e. The summed E-state index contributed by atoms with van der Waals surface area (Å²) < 4.78 is 3.74. The first-order chi connectivity index (χ1) is 17.9. The van der Waals surface area contributed by atoms with E-state index in [0.29, 0.717) is 41.7 Å². The maximum absolute atomic E-state index is 13.2. The van der Waals surface area contributed by atoms with Gasteiger partial charge >= 0.3 is 6.03 Å². The Balaban J connectivity index is 1.47. The third kappa shape index (κ3) is 7.30. The molecule has 6 nitrogen and oxygen atoms in total. The quantitative estimate of drug-likeness (QED) is 0.231. The van der Waals surface area contributed by atoms with E-state index in [0.717, 1.165) is 27.3 Å². The van der Waals surface area contributed by atoms with Crippen LogP contribution in [0, 0.1) is 18.3 Å². The fraction of sp³-hybridized carbons (Fsp3) is 0.179. The molecule has 0 aliphatic heterocycles. The van der Waals surface area contributed by atoms with Gasteiger partial charge in [0.25, 0.3) is 0 Å². The zero-order chi connectivity index (χ0) is 26.2. The first kappa shape index (κ1) is 26.6. The molecule has 0 aliphatic rings. The predicted octanol–water partition coefficient (Wildman–Crippen LogP) is 6.88. The number of benzene rings is 3. The van der Waals surface area contributed by atoms with Gasteiger partial charge in [0.1, 0.15) is 0 Å². The number of aryl methyl sites for hydroxylation is 1. The van der Waals surface area contributed by atoms with Crippen molar-refractivity contribution in [1.82, 2.24) is 19.2 Å². The van der Waals surface area contributed by atoms with Crippen molar-refractivity contribution in [2.75, 3.05) is 6.54 Å². The van der Waals surface area contributed by atoms with E-state index in [4.69, 9.17) is 28.5 Å². The second-order valence-corrected chi connectivity index (χ2v) is 10.3. The number of imidazole rings is 1. The molecule has 4 aromatic rings. The molecule has 0 saturated carbocycles. The Labute approximate surface area is 231 Å². The zero-order valence-corrected chi connectivity index (χ0v) is 22.5. The van der Waals surface area contributed by atoms with Gasteiger partial charge in [-0.2, -0.15) is 5.26 Å². The van der Waals surface area contributed by atoms with Crippen LogP contribution < -0.4 is 5.32 Å². The van der Waals surface area contributed by atoms with Crippen molar-refractivity contribution < 1.29 is 4.79 Å². The van der Waals surface area contributed by atoms with Gasteiger partial charge in [0, 0.05) is 52.9 Å². The van der Waals surface area contributed by atoms with Crippen LogP contribution in [0.4, 0.5) is 4.79 Å². The molecule has 2 amide bonds. The van der Waals surface area contributed by atoms with Crippen LogP contribution in [0.1, 0.15) is 27.9 Å². The highest BCUT2D eigenvalue weighted by Crippen LogP contribution is 2.28. The van der Waals surface area contributed by atoms with E-state index in [9.17, 15) is 4.79 Å². The van der Waals surface area contributed by atoms with Crippen LogP contribution in [0.25, 0.3) is 0 Å². The smallest absolute Gasteiger partial charge is 0.327 e. The summed E-state index contributed by atoms with van der Waals surface area (Å²) in [6.07, 6.45) is 4.20. The minimum absolute atomic E-state index is 0.222. The Morgan fingerprint density at radius 2 is 1.89 bits per heavy atom. The van der Waals surface area contributed by atoms with Gasteiger partial charge in [0.2, 0.25) is 0 Å². The van der Waals surface area contributed by atoms with Gasteiger partial charge in [-0.25, -0.2) is 9.78 Å². The number of nitrogens with zero attached hydrogens (tertiary/aromatic N) is 4. The number of carbonyl (C=O) groups excluding carboxylic acids is 1. The van der Waals surface area contributed by atoms with Crippen molar-refractivity contribution >= 4 is 41.2 Å². The van der Waals surface area contributed by atoms with Gasteiger partial charge < -0.3 is 9.88 Å². The lowest BCUT2D eigenvalue weighted by Gasteiger charge is -2.22. The number of amides is 2. The minimum atomic E-state index is -0.222. The molecular formula is C28H25Cl2N5OS. The maximum Gasteiger partial charge on any atom is 0.327 e. The van der Waals surface area contributed by atoms with Crippen LogP contribution in [-0.4, -0.2) is 26.4 Å². The van der Waals surface area contributed by atoms with Gasteiger partial charge in [-0.3, -0.25) is 4.31 Å². The summed E-state index contributed by atoms with van der Waals surface area (Å²) in [6.45, 7) is 3.34. The maximum atomic E-state index is 13.2. The average molecular weight is 551 g/mol. The summed E-state index contributed by atoms with van der Waals surface area (Å²) in [5.74, 6) is 0. The summed E-state index contributed by atoms with van der Waals surface area (Å²) in [5, 5.41) is 13.3. The molecule has 188 valence electrons. The molecule has 0 fully saturated rings. The Morgan fingerprint density at radius 1 is 1.11 bits per heavy atom. The molecule has 0 bridgehead atoms. The number of hydrogen-bond acceptors (Lipinski definition) is 4. The van der Waals surface area contributed by atoms with Gasteiger partial charge in [-0.1, -0.05) is 59.6 Å². The fourth-order valence-corrected chi connectivity index (χ4v) is 4.97. The molecule has 9 heteroatoms. The van der Waals surface area contributed by atoms with Crippen LogP contribution in [-0.2, 0) is 19.5 Å². The monoisotopic (exact) mass is 549 g/mol. The van der Waals surface area contributed by atoms with E-state index in [1.807, 2.05) is 61.7 Å². The second-order valence-electron chi connectivity index (χ2n) is 8.43. The summed E-state index contributed by atoms with van der Waals surface area (Å²) in [7, 11) is 0. The molecule has 0 aliphatic carbocycles. The molecule has 3 aromatic carbocycles. The summed E-state index contributed by atoms with van der Waals surface area (Å²) in [4.78, 5) is 18.4. The second kappa shape index (κ2) is 12.7. The van der Waals surface area contributed by atoms with Crippen molar-refractivity contribution in [3.63, 3.8) is 0 Å². The van der Waals surface area contributed by atoms with Crippen LogP contribution in [0.15, 0.2) is 84.1 Å². The van der Waals surface area contributed by atoms with E-state index in [2.05, 4.69) is 20.9 Å². The molecular weight excluding hydrogens is 525 g/mol. The third-order valence-corrected chi connectivity index (χ3v) is 7.59. The van der Waals surface area contributed by atoms with E-state index in [1.54, 1.807) is 28.8 Å². The lowest BCUT2D eigenvalue weighted by atomic mass is 10.1. The van der Waals surface area contributed by atoms with E-state index in [-0.39, 0.29) is 6.03 Å². The number of aromatic nitrogens is 2. The van der Waals surface area contributed by atoms with Crippen molar-refractivity contribution in [2.24, 2.45) is 0 Å². The van der Waals surface area contributed by atoms with Crippen LogP contribution in [0.3, 0.4) is 0 Å². The Bertz CT molecular complexity index is 1410. The van der Waals surface area contributed by atoms with Crippen LogP contribution in [0.2, 0.25) is 10.0 Å². The number of nitriles is 1. The first-order valence-corrected chi connectivity index (χ1v) is 13.2. The van der Waals surface area contributed by atoms with Crippen molar-refractivity contribution in [1.29, 1.82) is 5.26 Å². The zero-order valence-electron chi connectivity index (χ0n) is 20.2. The topological polar surface area (TPSA) is 74.0 Å². The average Bonchev–Trinajstić information content (AvgIpc) is 3.35. The molecule has 0 saturated heterocycles. The summed E-state index contributed by atoms with van der Waals surface area (Å²) in [5.41, 5.74) is 4.52. The van der Waals surface area contributed by atoms with Crippen molar-refractivity contribution in [3.8, 4) is 6.07 Å². The first-order valence-electron chi connectivity index (χ1n) is 11.6. The highest BCUT2D eigenvalue weighted by Gasteiger charge is 2.17. The number of nitrogens with one attached hydrogen (secondary N) is 1. The molecule has 0 spiro atoms. The predicted molar refractivity (Wildman–Crippen MR) is 149 cm³/mol. The molecule has 37 heavy (non-hydrogen) atoms. The Morgan fingerprint density at radius 3 is 2.62 bits per heavy atom. The van der Waals surface area contributed by atoms with Gasteiger partial charge in [-0.15, -0.1) is 0 Å². The molecule has 0 atom stereocenters. The Hall–Kier alpha value is -3.44. The van der Waals surface area contributed by atoms with Crippen LogP contribution in [0.5, 0.6) is 0 Å². The molecule has 1 N–H and O–H groups in total. The molecule has 0 unspecified atom stereocenters. The highest BCUT2D eigenvalue weighted by molar-refractivity contribution is 7.97. The highest BCUT2D eigenvalue weighted by atomic mass is 35.5. The lowest BCUT2D eigenvalue weighted by Crippen LogP contribution is -2.36. The number of urea groups is 1. The number of carbonyl (C=O) groups is 1. The summed E-state index contributed by atoms with van der Waals surface area (Å²) >= 11 is 13.9. The fourth-order valence-electron chi connectivity index (χ4n) is 3.64. The normalized spacial score (nSPS) is 10.6. The number of hydrogen-bond donors (Lipinski definition) is 1. The molecule has 1 aromatic heterocycles. The lowest BCUT2D eigenvalue weighted by molar-refractivity contribution is 0.225. The van der Waals surface area contributed by atoms with Gasteiger partial charge in [-0.05, 0) is 65.9 Å². The van der Waals surface area contributed by atoms with E-state index < -0.39 is 0 Å². The summed E-state index contributed by atoms with van der Waals surface area (Å²) in [6, 6.07) is 22.6. The van der Waals surface area contributed by atoms with Gasteiger partial charge in [0.15, 0.2) is 0 Å². The number of rotatable bonds is 9.